The summed E-state index contributed by atoms with van der Waals surface area (Å²) in [6.45, 7) is 4.82. The van der Waals surface area contributed by atoms with Crippen LogP contribution in [0.1, 0.15) is 18.3 Å². The van der Waals surface area contributed by atoms with Crippen LogP contribution >= 0.6 is 23.4 Å². The van der Waals surface area contributed by atoms with Crippen LogP contribution in [0.25, 0.3) is 0 Å². The average Bonchev–Trinajstić information content (AvgIpc) is 3.15. The molecule has 0 aliphatic heterocycles. The lowest BCUT2D eigenvalue weighted by molar-refractivity contribution is -0.384. The molecule has 3 rings (SSSR count). The van der Waals surface area contributed by atoms with E-state index in [1.54, 1.807) is 0 Å². The fraction of sp³-hybridized carbons (Fsp3) is 0.250. The Morgan fingerprint density at radius 2 is 2.00 bits per heavy atom. The Morgan fingerprint density at radius 3 is 2.68 bits per heavy atom. The molecule has 0 spiro atoms. The number of aryl methyl sites for hydroxylation is 1. The molecule has 0 aliphatic carbocycles. The molecule has 0 fully saturated rings. The second kappa shape index (κ2) is 10.3. The van der Waals surface area contributed by atoms with Crippen LogP contribution in [0.2, 0.25) is 5.02 Å². The van der Waals surface area contributed by atoms with Crippen molar-refractivity contribution in [2.24, 2.45) is 0 Å². The standard InChI is InChI=1S/C20H20ClN5O4S/c1-3-25-18(11-30-15-7-4-13(2)5-8-15)23-24-20(25)31-12-19(27)22-17-10-14(26(28)29)6-9-16(17)21/h4-10H,3,11-12H2,1-2H3,(H,22,27). The Hall–Kier alpha value is -3.11. The minimum atomic E-state index is -0.551. The predicted octanol–water partition coefficient (Wildman–Crippen LogP) is 4.48. The van der Waals surface area contributed by atoms with Crippen LogP contribution in [-0.4, -0.2) is 31.3 Å². The summed E-state index contributed by atoms with van der Waals surface area (Å²) >= 11 is 7.23. The first-order valence-electron chi connectivity index (χ1n) is 9.35. The van der Waals surface area contributed by atoms with Gasteiger partial charge in [-0.2, -0.15) is 0 Å². The molecule has 3 aromatic rings. The second-order valence-corrected chi connectivity index (χ2v) is 7.85. The van der Waals surface area contributed by atoms with Crippen LogP contribution in [0.3, 0.4) is 0 Å². The summed E-state index contributed by atoms with van der Waals surface area (Å²) in [6, 6.07) is 11.6. The number of halogens is 1. The molecule has 1 heterocycles. The van der Waals surface area contributed by atoms with Crippen molar-refractivity contribution >= 4 is 40.6 Å². The molecule has 1 amide bonds. The molecule has 2 aromatic carbocycles. The predicted molar refractivity (Wildman–Crippen MR) is 119 cm³/mol. The zero-order valence-electron chi connectivity index (χ0n) is 16.9. The molecule has 0 bridgehead atoms. The average molecular weight is 462 g/mol. The minimum absolute atomic E-state index is 0.0377. The summed E-state index contributed by atoms with van der Waals surface area (Å²) in [5, 5.41) is 22.6. The van der Waals surface area contributed by atoms with Crippen molar-refractivity contribution < 1.29 is 14.5 Å². The number of aromatic nitrogens is 3. The minimum Gasteiger partial charge on any atom is -0.486 e. The number of rotatable bonds is 9. The summed E-state index contributed by atoms with van der Waals surface area (Å²) in [7, 11) is 0. The molecule has 0 atom stereocenters. The van der Waals surface area contributed by atoms with Crippen molar-refractivity contribution in [2.45, 2.75) is 32.2 Å². The first-order chi connectivity index (χ1) is 14.9. The number of hydrogen-bond acceptors (Lipinski definition) is 7. The Labute approximate surface area is 187 Å². The van der Waals surface area contributed by atoms with E-state index >= 15 is 0 Å². The number of nitro groups is 1. The summed E-state index contributed by atoms with van der Waals surface area (Å²) in [5.41, 5.74) is 1.18. The van der Waals surface area contributed by atoms with Gasteiger partial charge in [0.25, 0.3) is 5.69 Å². The first kappa shape index (κ1) is 22.6. The Morgan fingerprint density at radius 1 is 1.26 bits per heavy atom. The van der Waals surface area contributed by atoms with Gasteiger partial charge in [0.2, 0.25) is 5.91 Å². The summed E-state index contributed by atoms with van der Waals surface area (Å²) in [5.74, 6) is 1.05. The molecule has 9 nitrogen and oxygen atoms in total. The first-order valence-corrected chi connectivity index (χ1v) is 10.7. The molecule has 162 valence electrons. The zero-order valence-corrected chi connectivity index (χ0v) is 18.4. The lowest BCUT2D eigenvalue weighted by Crippen LogP contribution is -2.15. The summed E-state index contributed by atoms with van der Waals surface area (Å²) < 4.78 is 7.64. The monoisotopic (exact) mass is 461 g/mol. The number of thioether (sulfide) groups is 1. The van der Waals surface area contributed by atoms with Gasteiger partial charge in [-0.25, -0.2) is 0 Å². The number of carbonyl (C=O) groups is 1. The Balaban J connectivity index is 1.60. The number of ether oxygens (including phenoxy) is 1. The van der Waals surface area contributed by atoms with E-state index in [0.29, 0.717) is 17.5 Å². The Bertz CT molecular complexity index is 1090. The molecule has 0 saturated carbocycles. The molecule has 1 N–H and O–H groups in total. The van der Waals surface area contributed by atoms with Gasteiger partial charge in [0.1, 0.15) is 12.4 Å². The van der Waals surface area contributed by atoms with Crippen molar-refractivity contribution in [3.8, 4) is 5.75 Å². The highest BCUT2D eigenvalue weighted by Crippen LogP contribution is 2.27. The second-order valence-electron chi connectivity index (χ2n) is 6.50. The van der Waals surface area contributed by atoms with E-state index in [2.05, 4.69) is 15.5 Å². The van der Waals surface area contributed by atoms with Gasteiger partial charge in [-0.3, -0.25) is 14.9 Å². The molecule has 0 radical (unpaired) electrons. The van der Waals surface area contributed by atoms with Crippen LogP contribution in [0.15, 0.2) is 47.6 Å². The fourth-order valence-electron chi connectivity index (χ4n) is 2.67. The van der Waals surface area contributed by atoms with Crippen molar-refractivity contribution in [2.75, 3.05) is 11.1 Å². The van der Waals surface area contributed by atoms with Crippen LogP contribution in [-0.2, 0) is 17.9 Å². The molecule has 0 aliphatic rings. The number of non-ortho nitro benzene ring substituents is 1. The van der Waals surface area contributed by atoms with Gasteiger partial charge in [-0.05, 0) is 32.0 Å². The highest BCUT2D eigenvalue weighted by atomic mass is 35.5. The third-order valence-corrected chi connectivity index (χ3v) is 5.56. The van der Waals surface area contributed by atoms with Crippen LogP contribution < -0.4 is 10.1 Å². The number of hydrogen-bond donors (Lipinski definition) is 1. The quantitative estimate of drug-likeness (QED) is 0.284. The topological polar surface area (TPSA) is 112 Å². The van der Waals surface area contributed by atoms with E-state index in [-0.39, 0.29) is 34.7 Å². The number of nitrogens with zero attached hydrogens (tertiary/aromatic N) is 4. The summed E-state index contributed by atoms with van der Waals surface area (Å²) in [4.78, 5) is 22.7. The molecule has 11 heteroatoms. The van der Waals surface area contributed by atoms with E-state index in [4.69, 9.17) is 16.3 Å². The maximum atomic E-state index is 12.3. The SMILES string of the molecule is CCn1c(COc2ccc(C)cc2)nnc1SCC(=O)Nc1cc([N+](=O)[O-])ccc1Cl. The van der Waals surface area contributed by atoms with E-state index in [9.17, 15) is 14.9 Å². The van der Waals surface area contributed by atoms with E-state index in [0.717, 1.165) is 11.3 Å². The van der Waals surface area contributed by atoms with Crippen LogP contribution in [0.5, 0.6) is 5.75 Å². The molecule has 31 heavy (non-hydrogen) atoms. The smallest absolute Gasteiger partial charge is 0.271 e. The number of carbonyl (C=O) groups excluding carboxylic acids is 1. The maximum absolute atomic E-state index is 12.3. The molecule has 1 aromatic heterocycles. The van der Waals surface area contributed by atoms with Gasteiger partial charge in [-0.15, -0.1) is 10.2 Å². The maximum Gasteiger partial charge on any atom is 0.271 e. The van der Waals surface area contributed by atoms with E-state index in [1.165, 1.54) is 30.0 Å². The molecule has 0 unspecified atom stereocenters. The van der Waals surface area contributed by atoms with Gasteiger partial charge in [0.05, 0.1) is 21.4 Å². The van der Waals surface area contributed by atoms with Crippen molar-refractivity contribution in [1.82, 2.24) is 14.8 Å². The van der Waals surface area contributed by atoms with E-state index in [1.807, 2.05) is 42.7 Å². The van der Waals surface area contributed by atoms with Crippen molar-refractivity contribution in [3.63, 3.8) is 0 Å². The van der Waals surface area contributed by atoms with Gasteiger partial charge >= 0.3 is 0 Å². The summed E-state index contributed by atoms with van der Waals surface area (Å²) in [6.07, 6.45) is 0. The third-order valence-electron chi connectivity index (χ3n) is 4.27. The van der Waals surface area contributed by atoms with Gasteiger partial charge < -0.3 is 14.6 Å². The van der Waals surface area contributed by atoms with Gasteiger partial charge in [-0.1, -0.05) is 41.1 Å². The van der Waals surface area contributed by atoms with Crippen molar-refractivity contribution in [3.05, 3.63) is 69.0 Å². The highest BCUT2D eigenvalue weighted by molar-refractivity contribution is 7.99. The fourth-order valence-corrected chi connectivity index (χ4v) is 3.66. The zero-order chi connectivity index (χ0) is 22.4. The largest absolute Gasteiger partial charge is 0.486 e. The molecular formula is C20H20ClN5O4S. The van der Waals surface area contributed by atoms with Crippen molar-refractivity contribution in [1.29, 1.82) is 0 Å². The lowest BCUT2D eigenvalue weighted by Gasteiger charge is -2.09. The number of amides is 1. The Kier molecular flexibility index (Phi) is 7.48. The third kappa shape index (κ3) is 5.96. The van der Waals surface area contributed by atoms with E-state index < -0.39 is 4.92 Å². The number of nitro benzene ring substituents is 1. The molecule has 0 saturated heterocycles. The number of nitrogens with one attached hydrogen (secondary N) is 1. The number of anilines is 1. The van der Waals surface area contributed by atoms with Crippen LogP contribution in [0.4, 0.5) is 11.4 Å². The normalized spacial score (nSPS) is 10.7. The highest BCUT2D eigenvalue weighted by Gasteiger charge is 2.16. The van der Waals surface area contributed by atoms with Gasteiger partial charge in [0.15, 0.2) is 11.0 Å². The lowest BCUT2D eigenvalue weighted by atomic mass is 10.2. The number of benzene rings is 2. The van der Waals surface area contributed by atoms with Gasteiger partial charge in [0, 0.05) is 18.7 Å². The van der Waals surface area contributed by atoms with Crippen LogP contribution in [0, 0.1) is 17.0 Å². The molecular weight excluding hydrogens is 442 g/mol.